The van der Waals surface area contributed by atoms with E-state index < -0.39 is 0 Å². The van der Waals surface area contributed by atoms with Gasteiger partial charge in [-0.1, -0.05) is 5.16 Å². The molecule has 0 bridgehead atoms. The fraction of sp³-hybridized carbons (Fsp3) is 0.538. The lowest BCUT2D eigenvalue weighted by atomic mass is 10.1. The number of ketones is 1. The number of Topliss-reactive ketones (excluding diaryl/α,β-unsaturated/α-hetero) is 1. The van der Waals surface area contributed by atoms with Crippen LogP contribution in [0.5, 0.6) is 0 Å². The van der Waals surface area contributed by atoms with Crippen LogP contribution in [0.2, 0.25) is 0 Å². The molecule has 1 aliphatic heterocycles. The van der Waals surface area contributed by atoms with Crippen LogP contribution in [0, 0.1) is 0 Å². The highest BCUT2D eigenvalue weighted by atomic mass is 16.5. The summed E-state index contributed by atoms with van der Waals surface area (Å²) in [6, 6.07) is 1.71. The summed E-state index contributed by atoms with van der Waals surface area (Å²) in [7, 11) is 0. The predicted octanol–water partition coefficient (Wildman–Crippen LogP) is 0.766. The number of aromatic nitrogens is 4. The highest BCUT2D eigenvalue weighted by molar-refractivity contribution is 5.94. The number of hydrogen-bond acceptors (Lipinski definition) is 7. The lowest BCUT2D eigenvalue weighted by molar-refractivity contribution is 0.0969. The first-order chi connectivity index (χ1) is 10.3. The van der Waals surface area contributed by atoms with Crippen LogP contribution < -0.4 is 4.90 Å². The van der Waals surface area contributed by atoms with Gasteiger partial charge < -0.3 is 14.2 Å². The van der Waals surface area contributed by atoms with Crippen LogP contribution in [0.4, 0.5) is 5.88 Å². The van der Waals surface area contributed by atoms with Gasteiger partial charge in [0.25, 0.3) is 0 Å². The summed E-state index contributed by atoms with van der Waals surface area (Å²) < 4.78 is 12.2. The maximum atomic E-state index is 12.1. The number of anilines is 1. The van der Waals surface area contributed by atoms with E-state index in [2.05, 4.69) is 15.2 Å². The number of nitrogens with zero attached hydrogens (tertiary/aromatic N) is 5. The second kappa shape index (κ2) is 6.49. The zero-order valence-electron chi connectivity index (χ0n) is 11.6. The van der Waals surface area contributed by atoms with Crippen molar-refractivity contribution in [2.75, 3.05) is 31.2 Å². The smallest absolute Gasteiger partial charge is 0.228 e. The van der Waals surface area contributed by atoms with Crippen LogP contribution in [0.1, 0.15) is 23.3 Å². The van der Waals surface area contributed by atoms with Crippen LogP contribution in [0.3, 0.4) is 0 Å². The first-order valence-electron chi connectivity index (χ1n) is 6.98. The fourth-order valence-electron chi connectivity index (χ4n) is 2.21. The second-order valence-corrected chi connectivity index (χ2v) is 4.84. The van der Waals surface area contributed by atoms with Gasteiger partial charge in [-0.05, 0) is 6.42 Å². The largest absolute Gasteiger partial charge is 0.378 e. The molecule has 1 saturated heterocycles. The van der Waals surface area contributed by atoms with Gasteiger partial charge in [0.15, 0.2) is 11.5 Å². The summed E-state index contributed by atoms with van der Waals surface area (Å²) in [5.41, 5.74) is 0.384. The number of ether oxygens (including phenoxy) is 1. The Kier molecular flexibility index (Phi) is 4.25. The zero-order chi connectivity index (χ0) is 14.5. The van der Waals surface area contributed by atoms with Crippen molar-refractivity contribution < 1.29 is 14.1 Å². The summed E-state index contributed by atoms with van der Waals surface area (Å²) in [6.45, 7) is 3.52. The average Bonchev–Trinajstić information content (AvgIpc) is 3.20. The number of rotatable bonds is 6. The van der Waals surface area contributed by atoms with Crippen LogP contribution >= 0.6 is 0 Å². The monoisotopic (exact) mass is 291 g/mol. The number of aryl methyl sites for hydroxylation is 1. The van der Waals surface area contributed by atoms with Crippen molar-refractivity contribution in [1.29, 1.82) is 0 Å². The van der Waals surface area contributed by atoms with Gasteiger partial charge in [0.2, 0.25) is 5.88 Å². The van der Waals surface area contributed by atoms with Crippen molar-refractivity contribution in [1.82, 2.24) is 19.9 Å². The molecule has 2 aromatic heterocycles. The molecule has 112 valence electrons. The quantitative estimate of drug-likeness (QED) is 0.726. The van der Waals surface area contributed by atoms with E-state index >= 15 is 0 Å². The molecule has 0 unspecified atom stereocenters. The Balaban J connectivity index is 1.51. The molecule has 3 rings (SSSR count). The molecular weight excluding hydrogens is 274 g/mol. The highest BCUT2D eigenvalue weighted by Gasteiger charge is 2.18. The first-order valence-corrected chi connectivity index (χ1v) is 6.98. The van der Waals surface area contributed by atoms with Gasteiger partial charge in [0.1, 0.15) is 12.7 Å². The van der Waals surface area contributed by atoms with Crippen LogP contribution in [0.25, 0.3) is 0 Å². The molecule has 8 nitrogen and oxygen atoms in total. The standard InChI is InChI=1S/C13H17N5O3/c19-12(2-1-3-18-10-14-9-15-18)11-8-13(21-16-11)17-4-6-20-7-5-17/h8-10H,1-7H2. The average molecular weight is 291 g/mol. The second-order valence-electron chi connectivity index (χ2n) is 4.84. The Labute approximate surface area is 121 Å². The summed E-state index contributed by atoms with van der Waals surface area (Å²) in [4.78, 5) is 17.9. The number of carbonyl (C=O) groups is 1. The Morgan fingerprint density at radius 2 is 2.19 bits per heavy atom. The van der Waals surface area contributed by atoms with E-state index in [0.29, 0.717) is 44.2 Å². The van der Waals surface area contributed by atoms with Crippen molar-refractivity contribution in [3.8, 4) is 0 Å². The third-order valence-electron chi connectivity index (χ3n) is 3.36. The van der Waals surface area contributed by atoms with Crippen LogP contribution in [-0.2, 0) is 11.3 Å². The van der Waals surface area contributed by atoms with E-state index in [4.69, 9.17) is 9.26 Å². The lowest BCUT2D eigenvalue weighted by Gasteiger charge is -2.25. The van der Waals surface area contributed by atoms with Crippen molar-refractivity contribution in [3.63, 3.8) is 0 Å². The van der Waals surface area contributed by atoms with Gasteiger partial charge in [-0.15, -0.1) is 0 Å². The molecule has 0 amide bonds. The van der Waals surface area contributed by atoms with E-state index in [1.807, 2.05) is 4.90 Å². The topological polar surface area (TPSA) is 86.3 Å². The van der Waals surface area contributed by atoms with Crippen molar-refractivity contribution in [3.05, 3.63) is 24.4 Å². The molecule has 0 aliphatic carbocycles. The summed E-state index contributed by atoms with van der Waals surface area (Å²) in [5.74, 6) is 0.622. The summed E-state index contributed by atoms with van der Waals surface area (Å²) in [5, 5.41) is 7.86. The minimum Gasteiger partial charge on any atom is -0.378 e. The van der Waals surface area contributed by atoms with E-state index in [0.717, 1.165) is 13.1 Å². The molecule has 0 N–H and O–H groups in total. The molecule has 0 spiro atoms. The normalized spacial score (nSPS) is 15.3. The fourth-order valence-corrected chi connectivity index (χ4v) is 2.21. The van der Waals surface area contributed by atoms with E-state index in [-0.39, 0.29) is 5.78 Å². The highest BCUT2D eigenvalue weighted by Crippen LogP contribution is 2.18. The summed E-state index contributed by atoms with van der Waals surface area (Å²) in [6.07, 6.45) is 4.22. The molecule has 0 saturated carbocycles. The predicted molar refractivity (Wildman–Crippen MR) is 73.1 cm³/mol. The maximum Gasteiger partial charge on any atom is 0.228 e. The minimum absolute atomic E-state index is 0.0154. The van der Waals surface area contributed by atoms with Crippen molar-refractivity contribution >= 4 is 11.7 Å². The molecule has 1 fully saturated rings. The molecule has 0 radical (unpaired) electrons. The van der Waals surface area contributed by atoms with Gasteiger partial charge >= 0.3 is 0 Å². The van der Waals surface area contributed by atoms with Crippen LogP contribution in [0.15, 0.2) is 23.2 Å². The van der Waals surface area contributed by atoms with E-state index in [1.165, 1.54) is 6.33 Å². The molecule has 3 heterocycles. The van der Waals surface area contributed by atoms with Crippen LogP contribution in [-0.4, -0.2) is 52.0 Å². The molecule has 21 heavy (non-hydrogen) atoms. The number of hydrogen-bond donors (Lipinski definition) is 0. The third kappa shape index (κ3) is 3.46. The SMILES string of the molecule is O=C(CCCn1cncn1)c1cc(N2CCOCC2)on1. The summed E-state index contributed by atoms with van der Waals surface area (Å²) >= 11 is 0. The van der Waals surface area contributed by atoms with Crippen molar-refractivity contribution in [2.45, 2.75) is 19.4 Å². The number of carbonyl (C=O) groups excluding carboxylic acids is 1. The van der Waals surface area contributed by atoms with Gasteiger partial charge in [0.05, 0.1) is 13.2 Å². The Morgan fingerprint density at radius 1 is 1.33 bits per heavy atom. The van der Waals surface area contributed by atoms with E-state index in [9.17, 15) is 4.79 Å². The lowest BCUT2D eigenvalue weighted by Crippen LogP contribution is -2.35. The third-order valence-corrected chi connectivity index (χ3v) is 3.36. The molecule has 1 aliphatic rings. The van der Waals surface area contributed by atoms with Crippen molar-refractivity contribution in [2.24, 2.45) is 0 Å². The van der Waals surface area contributed by atoms with Gasteiger partial charge in [0, 0.05) is 32.1 Å². The Bertz CT molecular complexity index is 574. The first kappa shape index (κ1) is 13.7. The van der Waals surface area contributed by atoms with Gasteiger partial charge in [-0.2, -0.15) is 5.10 Å². The molecule has 0 aromatic carbocycles. The zero-order valence-corrected chi connectivity index (χ0v) is 11.6. The molecule has 2 aromatic rings. The van der Waals surface area contributed by atoms with Gasteiger partial charge in [-0.25, -0.2) is 4.98 Å². The van der Waals surface area contributed by atoms with Gasteiger partial charge in [-0.3, -0.25) is 9.48 Å². The minimum atomic E-state index is -0.0154. The van der Waals surface area contributed by atoms with E-state index in [1.54, 1.807) is 17.1 Å². The Hall–Kier alpha value is -2.22. The molecule has 0 atom stereocenters. The molecule has 8 heteroatoms. The maximum absolute atomic E-state index is 12.1. The number of morpholine rings is 1. The Morgan fingerprint density at radius 3 is 2.95 bits per heavy atom. The molecular formula is C13H17N5O3.